The van der Waals surface area contributed by atoms with Crippen molar-refractivity contribution in [2.75, 3.05) is 20.2 Å². The fraction of sp³-hybridized carbons (Fsp3) is 0.579. The smallest absolute Gasteiger partial charge is 0.409 e. The summed E-state index contributed by atoms with van der Waals surface area (Å²) in [6.45, 7) is 5.49. The van der Waals surface area contributed by atoms with E-state index in [1.807, 2.05) is 25.1 Å². The molecule has 24 heavy (non-hydrogen) atoms. The van der Waals surface area contributed by atoms with E-state index in [2.05, 4.69) is 18.3 Å². The van der Waals surface area contributed by atoms with Crippen molar-refractivity contribution in [1.29, 1.82) is 0 Å². The molecule has 2 atom stereocenters. The van der Waals surface area contributed by atoms with Gasteiger partial charge in [0.25, 0.3) is 0 Å². The van der Waals surface area contributed by atoms with Crippen molar-refractivity contribution in [2.45, 2.75) is 45.6 Å². The normalized spacial score (nSPS) is 18.8. The van der Waals surface area contributed by atoms with Crippen LogP contribution in [0.25, 0.3) is 0 Å². The van der Waals surface area contributed by atoms with Crippen LogP contribution in [0.1, 0.15) is 37.8 Å². The number of benzene rings is 1. The Morgan fingerprint density at radius 3 is 2.71 bits per heavy atom. The standard InChI is InChI=1S/C19H28N2O3/c1-4-15-8-5-6-9-16(15)12-18(22)20-14(2)17-10-7-11-21(13-17)19(23)24-3/h5-6,8-9,14,17H,4,7,10-13H2,1-3H3,(H,20,22)/t14-,17-/m0/s1. The van der Waals surface area contributed by atoms with E-state index >= 15 is 0 Å². The maximum atomic E-state index is 12.4. The van der Waals surface area contributed by atoms with E-state index in [9.17, 15) is 9.59 Å². The van der Waals surface area contributed by atoms with Crippen LogP contribution in [-0.4, -0.2) is 43.1 Å². The molecule has 1 aromatic rings. The Morgan fingerprint density at radius 2 is 2.04 bits per heavy atom. The second-order valence-electron chi connectivity index (χ2n) is 6.47. The average molecular weight is 332 g/mol. The zero-order valence-electron chi connectivity index (χ0n) is 14.9. The highest BCUT2D eigenvalue weighted by atomic mass is 16.5. The molecule has 0 bridgehead atoms. The highest BCUT2D eigenvalue weighted by Gasteiger charge is 2.28. The summed E-state index contributed by atoms with van der Waals surface area (Å²) < 4.78 is 4.80. The first-order valence-corrected chi connectivity index (χ1v) is 8.74. The van der Waals surface area contributed by atoms with Crippen LogP contribution in [0.3, 0.4) is 0 Å². The molecule has 0 spiro atoms. The number of ether oxygens (including phenoxy) is 1. The quantitative estimate of drug-likeness (QED) is 0.902. The molecule has 1 aliphatic heterocycles. The zero-order chi connectivity index (χ0) is 17.5. The number of nitrogens with zero attached hydrogens (tertiary/aromatic N) is 1. The summed E-state index contributed by atoms with van der Waals surface area (Å²) in [5.74, 6) is 0.307. The molecule has 0 unspecified atom stereocenters. The maximum absolute atomic E-state index is 12.4. The Labute approximate surface area is 144 Å². The van der Waals surface area contributed by atoms with Crippen LogP contribution < -0.4 is 5.32 Å². The van der Waals surface area contributed by atoms with Crippen LogP contribution in [0, 0.1) is 5.92 Å². The molecule has 1 aromatic carbocycles. The third kappa shape index (κ3) is 4.73. The third-order valence-corrected chi connectivity index (χ3v) is 4.84. The van der Waals surface area contributed by atoms with Crippen molar-refractivity contribution in [1.82, 2.24) is 10.2 Å². The Bertz CT molecular complexity index is 573. The number of hydrogen-bond acceptors (Lipinski definition) is 3. The number of carbonyl (C=O) groups excluding carboxylic acids is 2. The number of likely N-dealkylation sites (tertiary alicyclic amines) is 1. The van der Waals surface area contributed by atoms with E-state index in [0.717, 1.165) is 31.4 Å². The van der Waals surface area contributed by atoms with Gasteiger partial charge in [-0.1, -0.05) is 31.2 Å². The van der Waals surface area contributed by atoms with Crippen molar-refractivity contribution in [3.63, 3.8) is 0 Å². The number of aryl methyl sites for hydroxylation is 1. The molecule has 0 aromatic heterocycles. The highest BCUT2D eigenvalue weighted by Crippen LogP contribution is 2.20. The largest absolute Gasteiger partial charge is 0.453 e. The first-order valence-electron chi connectivity index (χ1n) is 8.74. The lowest BCUT2D eigenvalue weighted by molar-refractivity contribution is -0.121. The molecule has 2 rings (SSSR count). The van der Waals surface area contributed by atoms with Crippen molar-refractivity contribution in [3.05, 3.63) is 35.4 Å². The molecule has 1 fully saturated rings. The van der Waals surface area contributed by atoms with Crippen LogP contribution in [0.15, 0.2) is 24.3 Å². The van der Waals surface area contributed by atoms with Crippen molar-refractivity contribution < 1.29 is 14.3 Å². The molecule has 1 saturated heterocycles. The van der Waals surface area contributed by atoms with Crippen LogP contribution in [0.4, 0.5) is 4.79 Å². The monoisotopic (exact) mass is 332 g/mol. The summed E-state index contributed by atoms with van der Waals surface area (Å²) in [7, 11) is 1.41. The van der Waals surface area contributed by atoms with Crippen molar-refractivity contribution >= 4 is 12.0 Å². The fourth-order valence-corrected chi connectivity index (χ4v) is 3.38. The lowest BCUT2D eigenvalue weighted by atomic mass is 9.91. The molecule has 0 aliphatic carbocycles. The van der Waals surface area contributed by atoms with Gasteiger partial charge < -0.3 is 15.0 Å². The third-order valence-electron chi connectivity index (χ3n) is 4.84. The molecule has 132 valence electrons. The fourth-order valence-electron chi connectivity index (χ4n) is 3.38. The van der Waals surface area contributed by atoms with Crippen LogP contribution in [-0.2, 0) is 22.4 Å². The van der Waals surface area contributed by atoms with Crippen molar-refractivity contribution in [2.24, 2.45) is 5.92 Å². The van der Waals surface area contributed by atoms with Gasteiger partial charge >= 0.3 is 6.09 Å². The second kappa shape index (κ2) is 8.71. The van der Waals surface area contributed by atoms with E-state index in [1.54, 1.807) is 4.90 Å². The predicted molar refractivity (Wildman–Crippen MR) is 93.8 cm³/mol. The first kappa shape index (κ1) is 18.3. The number of carbonyl (C=O) groups is 2. The van der Waals surface area contributed by atoms with Gasteiger partial charge in [0, 0.05) is 19.1 Å². The van der Waals surface area contributed by atoms with Gasteiger partial charge in [-0.05, 0) is 43.2 Å². The lowest BCUT2D eigenvalue weighted by Crippen LogP contribution is -2.48. The molecule has 1 aliphatic rings. The Hall–Kier alpha value is -2.04. The van der Waals surface area contributed by atoms with Gasteiger partial charge in [0.15, 0.2) is 0 Å². The van der Waals surface area contributed by atoms with Gasteiger partial charge in [-0.3, -0.25) is 4.79 Å². The molecule has 1 heterocycles. The minimum atomic E-state index is -0.282. The van der Waals surface area contributed by atoms with Gasteiger partial charge in [-0.2, -0.15) is 0 Å². The minimum Gasteiger partial charge on any atom is -0.453 e. The molecule has 0 saturated carbocycles. The number of methoxy groups -OCH3 is 1. The SMILES string of the molecule is CCc1ccccc1CC(=O)N[C@@H](C)[C@H]1CCCN(C(=O)OC)C1. The summed E-state index contributed by atoms with van der Waals surface area (Å²) in [6.07, 6.45) is 3.01. The molecule has 2 amide bonds. The van der Waals surface area contributed by atoms with E-state index in [-0.39, 0.29) is 24.0 Å². The number of amides is 2. The number of piperidine rings is 1. The average Bonchev–Trinajstić information content (AvgIpc) is 2.61. The van der Waals surface area contributed by atoms with E-state index < -0.39 is 0 Å². The predicted octanol–water partition coefficient (Wildman–Crippen LogP) is 2.77. The van der Waals surface area contributed by atoms with E-state index in [4.69, 9.17) is 4.74 Å². The minimum absolute atomic E-state index is 0.0404. The molecule has 5 heteroatoms. The van der Waals surface area contributed by atoms with Gasteiger partial charge in [0.05, 0.1) is 13.5 Å². The van der Waals surface area contributed by atoms with Gasteiger partial charge in [-0.15, -0.1) is 0 Å². The maximum Gasteiger partial charge on any atom is 0.409 e. The molecule has 0 radical (unpaired) electrons. The summed E-state index contributed by atoms with van der Waals surface area (Å²) in [5.41, 5.74) is 2.30. The topological polar surface area (TPSA) is 58.6 Å². The second-order valence-corrected chi connectivity index (χ2v) is 6.47. The number of rotatable bonds is 5. The first-order chi connectivity index (χ1) is 11.5. The van der Waals surface area contributed by atoms with Gasteiger partial charge in [0.1, 0.15) is 0 Å². The summed E-state index contributed by atoms with van der Waals surface area (Å²) >= 11 is 0. The zero-order valence-corrected chi connectivity index (χ0v) is 14.9. The molecular formula is C19H28N2O3. The van der Waals surface area contributed by atoms with Gasteiger partial charge in [0.2, 0.25) is 5.91 Å². The van der Waals surface area contributed by atoms with Crippen LogP contribution in [0.2, 0.25) is 0 Å². The van der Waals surface area contributed by atoms with Crippen molar-refractivity contribution in [3.8, 4) is 0 Å². The summed E-state index contributed by atoms with van der Waals surface area (Å²) in [6, 6.07) is 8.11. The highest BCUT2D eigenvalue weighted by molar-refractivity contribution is 5.79. The van der Waals surface area contributed by atoms with E-state index in [0.29, 0.717) is 13.0 Å². The van der Waals surface area contributed by atoms with Gasteiger partial charge in [-0.25, -0.2) is 4.79 Å². The lowest BCUT2D eigenvalue weighted by Gasteiger charge is -2.35. The molecular weight excluding hydrogens is 304 g/mol. The number of nitrogens with one attached hydrogen (secondary N) is 1. The molecule has 5 nitrogen and oxygen atoms in total. The molecule has 1 N–H and O–H groups in total. The summed E-state index contributed by atoms with van der Waals surface area (Å²) in [5, 5.41) is 3.11. The Morgan fingerprint density at radius 1 is 1.33 bits per heavy atom. The Kier molecular flexibility index (Phi) is 6.64. The number of hydrogen-bond donors (Lipinski definition) is 1. The Balaban J connectivity index is 1.90. The summed E-state index contributed by atoms with van der Waals surface area (Å²) in [4.78, 5) is 25.8. The van der Waals surface area contributed by atoms with Crippen LogP contribution in [0.5, 0.6) is 0 Å². The van der Waals surface area contributed by atoms with E-state index in [1.165, 1.54) is 12.7 Å². The van der Waals surface area contributed by atoms with Crippen LogP contribution >= 0.6 is 0 Å².